The third-order valence-corrected chi connectivity index (χ3v) is 4.27. The predicted octanol–water partition coefficient (Wildman–Crippen LogP) is 0.707. The zero-order valence-electron chi connectivity index (χ0n) is 4.26. The Balaban J connectivity index is 3.13. The van der Waals surface area contributed by atoms with Gasteiger partial charge in [0.2, 0.25) is 0 Å². The van der Waals surface area contributed by atoms with Crippen molar-refractivity contribution in [2.24, 2.45) is 0 Å². The fraction of sp³-hybridized carbons (Fsp3) is 0. The summed E-state index contributed by atoms with van der Waals surface area (Å²) in [5, 5.41) is 0. The summed E-state index contributed by atoms with van der Waals surface area (Å²) in [5.41, 5.74) is 0. The van der Waals surface area contributed by atoms with Crippen LogP contribution >= 0.6 is 15.9 Å². The van der Waals surface area contributed by atoms with Crippen molar-refractivity contribution in [3.8, 4) is 0 Å². The molecule has 1 aromatic carbocycles. The topological polar surface area (TPSA) is 0 Å². The van der Waals surface area contributed by atoms with Gasteiger partial charge in [-0.25, -0.2) is 0 Å². The van der Waals surface area contributed by atoms with Gasteiger partial charge in [-0.2, -0.15) is 0 Å². The number of benzene rings is 1. The van der Waals surface area contributed by atoms with Crippen molar-refractivity contribution in [1.29, 1.82) is 0 Å². The van der Waals surface area contributed by atoms with E-state index in [0.29, 0.717) is 0 Å². The molecule has 0 atom stereocenters. The summed E-state index contributed by atoms with van der Waals surface area (Å²) in [6.07, 6.45) is 0. The van der Waals surface area contributed by atoms with Gasteiger partial charge in [0.05, 0.1) is 0 Å². The average Bonchev–Trinajstić information content (AvgIpc) is 1.77. The van der Waals surface area contributed by atoms with Gasteiger partial charge >= 0.3 is 71.2 Å². The first-order valence-electron chi connectivity index (χ1n) is 2.31. The molecule has 0 unspecified atom stereocenters. The van der Waals surface area contributed by atoms with Gasteiger partial charge in [-0.1, -0.05) is 0 Å². The van der Waals surface area contributed by atoms with Crippen LogP contribution in [0.2, 0.25) is 0 Å². The predicted molar refractivity (Wildman–Crippen MR) is 42.3 cm³/mol. The summed E-state index contributed by atoms with van der Waals surface area (Å²) < 4.78 is 2.65. The van der Waals surface area contributed by atoms with Crippen LogP contribution in [0.25, 0.3) is 0 Å². The minimum atomic E-state index is 1.19. The van der Waals surface area contributed by atoms with E-state index in [1.54, 1.807) is 0 Å². The van der Waals surface area contributed by atoms with Crippen molar-refractivity contribution >= 4 is 42.5 Å². The zero-order chi connectivity index (χ0) is 5.98. The molecule has 0 spiro atoms. The third-order valence-electron chi connectivity index (χ3n) is 0.905. The second-order valence-corrected chi connectivity index (χ2v) is 4.15. The van der Waals surface area contributed by atoms with Gasteiger partial charge in [-0.15, -0.1) is 0 Å². The summed E-state index contributed by atoms with van der Waals surface area (Å²) in [6, 6.07) is 8.29. The molecule has 0 saturated heterocycles. The molecule has 1 aromatic rings. The number of rotatable bonds is 0. The van der Waals surface area contributed by atoms with Crippen molar-refractivity contribution < 1.29 is 0 Å². The van der Waals surface area contributed by atoms with E-state index in [2.05, 4.69) is 34.1 Å². The van der Waals surface area contributed by atoms with Crippen LogP contribution in [0.3, 0.4) is 0 Å². The first kappa shape index (κ1) is 6.64. The van der Waals surface area contributed by atoms with Crippen LogP contribution in [-0.2, 0) is 0 Å². The molecule has 1 rings (SSSR count). The molecular formula is C6H6BrSb. The zero-order valence-corrected chi connectivity index (χ0v) is 9.15. The molecule has 0 nitrogen and oxygen atoms in total. The number of hydrogen-bond donors (Lipinski definition) is 0. The SMILES string of the molecule is Brc1cccc[c]1[SbH2]. The maximum atomic E-state index is 3.43. The molecule has 0 radical (unpaired) electrons. The summed E-state index contributed by atoms with van der Waals surface area (Å²) >= 11 is 4.62. The molecule has 0 bridgehead atoms. The maximum absolute atomic E-state index is 3.43. The van der Waals surface area contributed by atoms with E-state index in [4.69, 9.17) is 0 Å². The van der Waals surface area contributed by atoms with E-state index in [-0.39, 0.29) is 0 Å². The Bertz CT molecular complexity index is 165. The third kappa shape index (κ3) is 1.50. The fourth-order valence-electron chi connectivity index (χ4n) is 0.475. The quantitative estimate of drug-likeness (QED) is 0.614. The average molecular weight is 280 g/mol. The van der Waals surface area contributed by atoms with Crippen LogP contribution in [0.5, 0.6) is 0 Å². The fourth-order valence-corrected chi connectivity index (χ4v) is 1.35. The summed E-state index contributed by atoms with van der Waals surface area (Å²) in [5.74, 6) is 0. The molecular weight excluding hydrogens is 274 g/mol. The standard InChI is InChI=1S/C6H4Br.Sb.2H/c7-6-4-2-1-3-5-6;;;/h1-4H;;;. The molecule has 0 aromatic heterocycles. The van der Waals surface area contributed by atoms with Crippen molar-refractivity contribution in [3.63, 3.8) is 0 Å². The molecule has 0 aliphatic carbocycles. The summed E-state index contributed by atoms with van der Waals surface area (Å²) in [4.78, 5) is 0. The van der Waals surface area contributed by atoms with Crippen LogP contribution in [0.15, 0.2) is 28.7 Å². The summed E-state index contributed by atoms with van der Waals surface area (Å²) in [7, 11) is 0. The Morgan fingerprint density at radius 3 is 2.25 bits per heavy atom. The van der Waals surface area contributed by atoms with Crippen LogP contribution in [0.4, 0.5) is 0 Å². The van der Waals surface area contributed by atoms with Crippen LogP contribution in [-0.4, -0.2) is 23.0 Å². The van der Waals surface area contributed by atoms with E-state index in [1.807, 2.05) is 6.07 Å². The molecule has 2 heteroatoms. The normalized spacial score (nSPS) is 9.25. The van der Waals surface area contributed by atoms with Gasteiger partial charge in [0.15, 0.2) is 0 Å². The summed E-state index contributed by atoms with van der Waals surface area (Å²) in [6.45, 7) is 0. The monoisotopic (exact) mass is 278 g/mol. The second-order valence-electron chi connectivity index (χ2n) is 1.52. The van der Waals surface area contributed by atoms with Gasteiger partial charge in [-0.05, 0) is 0 Å². The molecule has 8 heavy (non-hydrogen) atoms. The van der Waals surface area contributed by atoms with Gasteiger partial charge in [0.1, 0.15) is 0 Å². The van der Waals surface area contributed by atoms with Gasteiger partial charge in [0, 0.05) is 0 Å². The van der Waals surface area contributed by atoms with Crippen molar-refractivity contribution in [3.05, 3.63) is 28.7 Å². The Kier molecular flexibility index (Phi) is 2.39. The molecule has 0 heterocycles. The Morgan fingerprint density at radius 1 is 1.25 bits per heavy atom. The molecule has 0 aliphatic heterocycles. The number of halogens is 1. The van der Waals surface area contributed by atoms with Gasteiger partial charge < -0.3 is 0 Å². The molecule has 0 fully saturated rings. The first-order chi connectivity index (χ1) is 3.80. The van der Waals surface area contributed by atoms with Crippen molar-refractivity contribution in [1.82, 2.24) is 0 Å². The minimum absolute atomic E-state index is 1.19. The van der Waals surface area contributed by atoms with Crippen LogP contribution < -0.4 is 3.51 Å². The van der Waals surface area contributed by atoms with Crippen LogP contribution in [0, 0.1) is 0 Å². The van der Waals surface area contributed by atoms with E-state index in [1.165, 1.54) is 31.0 Å². The number of hydrogen-bond acceptors (Lipinski definition) is 0. The second kappa shape index (κ2) is 2.89. The molecule has 0 amide bonds. The Labute approximate surface area is 70.9 Å². The molecule has 0 saturated carbocycles. The van der Waals surface area contributed by atoms with Crippen molar-refractivity contribution in [2.75, 3.05) is 0 Å². The molecule has 0 N–H and O–H groups in total. The Morgan fingerprint density at radius 2 is 1.88 bits per heavy atom. The first-order valence-corrected chi connectivity index (χ1v) is 4.75. The van der Waals surface area contributed by atoms with Crippen LogP contribution in [0.1, 0.15) is 0 Å². The molecule has 42 valence electrons. The van der Waals surface area contributed by atoms with Gasteiger partial charge in [0.25, 0.3) is 0 Å². The molecule has 0 aliphatic rings. The van der Waals surface area contributed by atoms with E-state index < -0.39 is 0 Å². The van der Waals surface area contributed by atoms with Gasteiger partial charge in [-0.3, -0.25) is 0 Å². The van der Waals surface area contributed by atoms with E-state index in [9.17, 15) is 0 Å². The van der Waals surface area contributed by atoms with E-state index >= 15 is 0 Å². The van der Waals surface area contributed by atoms with Crippen molar-refractivity contribution in [2.45, 2.75) is 0 Å². The van der Waals surface area contributed by atoms with E-state index in [0.717, 1.165) is 0 Å². The Hall–Kier alpha value is 0.518.